The average Bonchev–Trinajstić information content (AvgIpc) is 2.77. The van der Waals surface area contributed by atoms with Crippen molar-refractivity contribution in [2.24, 2.45) is 0 Å². The van der Waals surface area contributed by atoms with E-state index in [0.29, 0.717) is 0 Å². The summed E-state index contributed by atoms with van der Waals surface area (Å²) in [4.78, 5) is 35.8. The molecule has 1 aromatic carbocycles. The highest BCUT2D eigenvalue weighted by molar-refractivity contribution is 8.26. The van der Waals surface area contributed by atoms with Crippen LogP contribution in [0.4, 0.5) is 4.39 Å². The van der Waals surface area contributed by atoms with Crippen LogP contribution in [-0.2, 0) is 14.4 Å². The first-order chi connectivity index (χ1) is 11.4. The maximum Gasteiger partial charge on any atom is 0.305 e. The van der Waals surface area contributed by atoms with E-state index >= 15 is 0 Å². The highest BCUT2D eigenvalue weighted by atomic mass is 32.2. The van der Waals surface area contributed by atoms with Crippen molar-refractivity contribution in [1.29, 1.82) is 0 Å². The lowest BCUT2D eigenvalue weighted by molar-refractivity contribution is -0.137. The number of thioether (sulfide) groups is 1. The number of carboxylic acids is 1. The quantitative estimate of drug-likeness (QED) is 0.586. The first-order valence-corrected chi connectivity index (χ1v) is 8.09. The van der Waals surface area contributed by atoms with Gasteiger partial charge < -0.3 is 10.4 Å². The van der Waals surface area contributed by atoms with Gasteiger partial charge in [-0.05, 0) is 12.1 Å². The largest absolute Gasteiger partial charge is 0.481 e. The summed E-state index contributed by atoms with van der Waals surface area (Å²) in [5.74, 6) is -2.50. The van der Waals surface area contributed by atoms with Gasteiger partial charge in [0, 0.05) is 12.1 Å². The Labute approximate surface area is 146 Å². The van der Waals surface area contributed by atoms with Crippen LogP contribution in [0.25, 0.3) is 6.08 Å². The molecule has 1 heterocycles. The van der Waals surface area contributed by atoms with Gasteiger partial charge in [-0.3, -0.25) is 19.3 Å². The summed E-state index contributed by atoms with van der Waals surface area (Å²) in [7, 11) is 0. The zero-order valence-electron chi connectivity index (χ0n) is 12.3. The normalized spacial score (nSPS) is 15.9. The lowest BCUT2D eigenvalue weighted by Crippen LogP contribution is -2.40. The SMILES string of the molecule is O=C(O)CCNC(=O)CN1C(=O)/C(=C/c2ccccc2F)SC1=S. The summed E-state index contributed by atoms with van der Waals surface area (Å²) in [6.45, 7) is -0.340. The fraction of sp³-hybridized carbons (Fsp3) is 0.200. The third-order valence-corrected chi connectivity index (χ3v) is 4.41. The monoisotopic (exact) mass is 368 g/mol. The second-order valence-electron chi connectivity index (χ2n) is 4.78. The van der Waals surface area contributed by atoms with Crippen molar-refractivity contribution in [2.75, 3.05) is 13.1 Å². The van der Waals surface area contributed by atoms with Crippen LogP contribution >= 0.6 is 24.0 Å². The molecule has 6 nitrogen and oxygen atoms in total. The maximum atomic E-state index is 13.7. The number of hydrogen-bond donors (Lipinski definition) is 2. The van der Waals surface area contributed by atoms with Crippen molar-refractivity contribution in [2.45, 2.75) is 6.42 Å². The molecule has 126 valence electrons. The number of aliphatic carboxylic acids is 1. The number of benzene rings is 1. The summed E-state index contributed by atoms with van der Waals surface area (Å²) < 4.78 is 13.8. The van der Waals surface area contributed by atoms with Gasteiger partial charge in [-0.2, -0.15) is 0 Å². The summed E-state index contributed by atoms with van der Waals surface area (Å²) in [5, 5.41) is 10.9. The molecule has 1 aliphatic heterocycles. The molecule has 0 saturated carbocycles. The number of thiocarbonyl (C=S) groups is 1. The van der Waals surface area contributed by atoms with Crippen LogP contribution in [0, 0.1) is 5.82 Å². The van der Waals surface area contributed by atoms with E-state index in [9.17, 15) is 18.8 Å². The maximum absolute atomic E-state index is 13.7. The molecule has 0 unspecified atom stereocenters. The molecule has 1 aromatic rings. The Bertz CT molecular complexity index is 736. The van der Waals surface area contributed by atoms with Crippen molar-refractivity contribution in [3.8, 4) is 0 Å². The summed E-state index contributed by atoms with van der Waals surface area (Å²) in [5.41, 5.74) is 0.254. The van der Waals surface area contributed by atoms with Crippen molar-refractivity contribution in [3.63, 3.8) is 0 Å². The van der Waals surface area contributed by atoms with Gasteiger partial charge in [-0.1, -0.05) is 42.2 Å². The predicted octanol–water partition coefficient (Wildman–Crippen LogP) is 1.62. The Morgan fingerprint density at radius 1 is 1.38 bits per heavy atom. The number of hydrogen-bond acceptors (Lipinski definition) is 5. The standard InChI is InChI=1S/C15H13FN2O4S2/c16-10-4-2-1-3-9(10)7-11-14(22)18(15(23)24-11)8-12(19)17-6-5-13(20)21/h1-4,7H,5-6,8H2,(H,17,19)(H,20,21)/b11-7-. The van der Waals surface area contributed by atoms with Crippen molar-refractivity contribution in [3.05, 3.63) is 40.6 Å². The number of halogens is 1. The minimum absolute atomic E-state index is 0.0337. The second kappa shape index (κ2) is 8.02. The number of carbonyl (C=O) groups excluding carboxylic acids is 2. The molecular formula is C15H13FN2O4S2. The van der Waals surface area contributed by atoms with E-state index in [1.54, 1.807) is 12.1 Å². The molecule has 0 aliphatic carbocycles. The van der Waals surface area contributed by atoms with Gasteiger partial charge in [0.15, 0.2) is 0 Å². The lowest BCUT2D eigenvalue weighted by Gasteiger charge is -2.13. The molecule has 2 amide bonds. The molecule has 0 radical (unpaired) electrons. The zero-order valence-corrected chi connectivity index (χ0v) is 14.0. The molecule has 0 bridgehead atoms. The van der Waals surface area contributed by atoms with Gasteiger partial charge in [0.05, 0.1) is 11.3 Å². The van der Waals surface area contributed by atoms with Crippen LogP contribution in [0.15, 0.2) is 29.2 Å². The Morgan fingerprint density at radius 3 is 2.75 bits per heavy atom. The van der Waals surface area contributed by atoms with E-state index in [1.165, 1.54) is 18.2 Å². The Kier molecular flexibility index (Phi) is 6.04. The minimum atomic E-state index is -1.03. The molecule has 0 spiro atoms. The predicted molar refractivity (Wildman–Crippen MR) is 91.5 cm³/mol. The highest BCUT2D eigenvalue weighted by Crippen LogP contribution is 2.32. The first kappa shape index (κ1) is 18.1. The number of amides is 2. The van der Waals surface area contributed by atoms with E-state index in [-0.39, 0.29) is 34.3 Å². The molecule has 1 aliphatic rings. The Balaban J connectivity index is 2.02. The zero-order chi connectivity index (χ0) is 17.7. The van der Waals surface area contributed by atoms with Crippen molar-refractivity contribution in [1.82, 2.24) is 10.2 Å². The van der Waals surface area contributed by atoms with E-state index in [4.69, 9.17) is 17.3 Å². The van der Waals surface area contributed by atoms with Gasteiger partial charge in [0.1, 0.15) is 16.7 Å². The number of carbonyl (C=O) groups is 3. The van der Waals surface area contributed by atoms with Crippen molar-refractivity contribution < 1.29 is 23.9 Å². The summed E-state index contributed by atoms with van der Waals surface area (Å²) in [6.07, 6.45) is 1.17. The summed E-state index contributed by atoms with van der Waals surface area (Å²) >= 11 is 6.06. The molecule has 24 heavy (non-hydrogen) atoms. The Morgan fingerprint density at radius 2 is 2.08 bits per heavy atom. The molecule has 0 aromatic heterocycles. The van der Waals surface area contributed by atoms with Crippen LogP contribution in [0.3, 0.4) is 0 Å². The smallest absolute Gasteiger partial charge is 0.305 e. The molecule has 1 fully saturated rings. The number of rotatable bonds is 6. The number of carboxylic acid groups (broad SMARTS) is 1. The van der Waals surface area contributed by atoms with Crippen LogP contribution in [0.2, 0.25) is 0 Å². The van der Waals surface area contributed by atoms with Gasteiger partial charge in [0.2, 0.25) is 5.91 Å². The molecule has 0 atom stereocenters. The Hall–Kier alpha value is -2.26. The average molecular weight is 368 g/mol. The van der Waals surface area contributed by atoms with Crippen LogP contribution < -0.4 is 5.32 Å². The van der Waals surface area contributed by atoms with Crippen LogP contribution in [0.5, 0.6) is 0 Å². The van der Waals surface area contributed by atoms with Gasteiger partial charge in [-0.25, -0.2) is 4.39 Å². The van der Waals surface area contributed by atoms with Gasteiger partial charge in [0.25, 0.3) is 5.91 Å². The fourth-order valence-corrected chi connectivity index (χ4v) is 3.12. The third kappa shape index (κ3) is 4.62. The second-order valence-corrected chi connectivity index (χ2v) is 6.46. The van der Waals surface area contributed by atoms with Crippen molar-refractivity contribution >= 4 is 52.2 Å². The first-order valence-electron chi connectivity index (χ1n) is 6.87. The van der Waals surface area contributed by atoms with Crippen LogP contribution in [-0.4, -0.2) is 45.2 Å². The highest BCUT2D eigenvalue weighted by Gasteiger charge is 2.33. The molecule has 9 heteroatoms. The van der Waals surface area contributed by atoms with Gasteiger partial charge >= 0.3 is 5.97 Å². The number of nitrogens with one attached hydrogen (secondary N) is 1. The van der Waals surface area contributed by atoms with E-state index in [1.807, 2.05) is 0 Å². The topological polar surface area (TPSA) is 86.7 Å². The van der Waals surface area contributed by atoms with E-state index < -0.39 is 23.6 Å². The lowest BCUT2D eigenvalue weighted by atomic mass is 10.2. The van der Waals surface area contributed by atoms with Gasteiger partial charge in [-0.15, -0.1) is 0 Å². The number of nitrogens with zero attached hydrogens (tertiary/aromatic N) is 1. The molecule has 1 saturated heterocycles. The molecular weight excluding hydrogens is 355 g/mol. The van der Waals surface area contributed by atoms with E-state index in [0.717, 1.165) is 16.7 Å². The fourth-order valence-electron chi connectivity index (χ4n) is 1.88. The summed E-state index contributed by atoms with van der Waals surface area (Å²) in [6, 6.07) is 5.99. The van der Waals surface area contributed by atoms with E-state index in [2.05, 4.69) is 5.32 Å². The molecule has 2 N–H and O–H groups in total. The third-order valence-electron chi connectivity index (χ3n) is 3.03. The van der Waals surface area contributed by atoms with Crippen LogP contribution in [0.1, 0.15) is 12.0 Å². The minimum Gasteiger partial charge on any atom is -0.481 e. The molecule has 2 rings (SSSR count).